The molecule has 1 aromatic rings. The second kappa shape index (κ2) is 8.36. The first-order valence-corrected chi connectivity index (χ1v) is 9.44. The van der Waals surface area contributed by atoms with E-state index in [-0.39, 0.29) is 6.09 Å². The first-order chi connectivity index (χ1) is 12.2. The van der Waals surface area contributed by atoms with E-state index >= 15 is 0 Å². The first kappa shape index (κ1) is 17.8. The molecule has 7 heteroatoms. The summed E-state index contributed by atoms with van der Waals surface area (Å²) in [4.78, 5) is 25.0. The maximum Gasteiger partial charge on any atom is 0.409 e. The predicted molar refractivity (Wildman–Crippen MR) is 98.1 cm³/mol. The molecule has 7 nitrogen and oxygen atoms in total. The Morgan fingerprint density at radius 3 is 2.60 bits per heavy atom. The Morgan fingerprint density at radius 1 is 1.20 bits per heavy atom. The van der Waals surface area contributed by atoms with Crippen molar-refractivity contribution in [2.45, 2.75) is 52.0 Å². The van der Waals surface area contributed by atoms with E-state index in [1.807, 2.05) is 19.9 Å². The Labute approximate surface area is 149 Å². The third kappa shape index (κ3) is 4.74. The van der Waals surface area contributed by atoms with Gasteiger partial charge >= 0.3 is 6.09 Å². The lowest BCUT2D eigenvalue weighted by atomic mass is 9.95. The van der Waals surface area contributed by atoms with Gasteiger partial charge in [0.25, 0.3) is 0 Å². The molecule has 0 spiro atoms. The van der Waals surface area contributed by atoms with Crippen molar-refractivity contribution in [3.05, 3.63) is 11.8 Å². The van der Waals surface area contributed by atoms with Gasteiger partial charge in [0, 0.05) is 44.0 Å². The smallest absolute Gasteiger partial charge is 0.409 e. The molecule has 2 heterocycles. The Hall–Kier alpha value is -2.05. The molecule has 2 fully saturated rings. The molecule has 1 amide bonds. The van der Waals surface area contributed by atoms with Gasteiger partial charge in [-0.05, 0) is 26.7 Å². The quantitative estimate of drug-likeness (QED) is 0.903. The van der Waals surface area contributed by atoms with Gasteiger partial charge in [-0.3, -0.25) is 0 Å². The number of ether oxygens (including phenoxy) is 1. The van der Waals surface area contributed by atoms with Gasteiger partial charge in [-0.25, -0.2) is 9.78 Å². The number of carbonyl (C=O) groups excluding carboxylic acids is 1. The summed E-state index contributed by atoms with van der Waals surface area (Å²) in [5, 5.41) is 3.58. The number of hydrogen-bond acceptors (Lipinski definition) is 6. The Bertz CT molecular complexity index is 581. The topological polar surface area (TPSA) is 70.6 Å². The molecule has 1 saturated carbocycles. The van der Waals surface area contributed by atoms with Crippen molar-refractivity contribution >= 4 is 17.9 Å². The highest BCUT2D eigenvalue weighted by Gasteiger charge is 2.24. The van der Waals surface area contributed by atoms with Crippen LogP contribution in [0.1, 0.15) is 44.7 Å². The van der Waals surface area contributed by atoms with Gasteiger partial charge in [-0.15, -0.1) is 0 Å². The molecule has 138 valence electrons. The van der Waals surface area contributed by atoms with Crippen molar-refractivity contribution in [1.82, 2.24) is 14.9 Å². The lowest BCUT2D eigenvalue weighted by Gasteiger charge is -2.34. The normalized spacial score (nSPS) is 19.0. The van der Waals surface area contributed by atoms with Crippen LogP contribution < -0.4 is 10.2 Å². The predicted octanol–water partition coefficient (Wildman–Crippen LogP) is 2.81. The monoisotopic (exact) mass is 347 g/mol. The van der Waals surface area contributed by atoms with Crippen LogP contribution in [-0.4, -0.2) is 59.8 Å². The van der Waals surface area contributed by atoms with Crippen LogP contribution in [0.2, 0.25) is 0 Å². The van der Waals surface area contributed by atoms with Gasteiger partial charge in [0.2, 0.25) is 5.95 Å². The minimum absolute atomic E-state index is 0.230. The van der Waals surface area contributed by atoms with Gasteiger partial charge in [0.1, 0.15) is 5.82 Å². The van der Waals surface area contributed by atoms with Crippen LogP contribution in [-0.2, 0) is 4.74 Å². The molecule has 1 aliphatic heterocycles. The number of nitrogens with one attached hydrogen (secondary N) is 1. The van der Waals surface area contributed by atoms with Crippen molar-refractivity contribution < 1.29 is 9.53 Å². The van der Waals surface area contributed by atoms with Crippen LogP contribution in [0.4, 0.5) is 16.6 Å². The summed E-state index contributed by atoms with van der Waals surface area (Å²) in [7, 11) is 0. The van der Waals surface area contributed by atoms with Gasteiger partial charge in [0.05, 0.1) is 6.61 Å². The minimum Gasteiger partial charge on any atom is -0.450 e. The number of aryl methyl sites for hydroxylation is 1. The van der Waals surface area contributed by atoms with Gasteiger partial charge in [-0.2, -0.15) is 4.98 Å². The second-order valence-corrected chi connectivity index (χ2v) is 6.85. The number of hydrogen-bond donors (Lipinski definition) is 1. The standard InChI is InChI=1S/C18H29N5O2/c1-3-25-18(24)23-11-9-22(10-12-23)17-19-14(2)13-16(21-17)20-15-7-5-4-6-8-15/h13,15H,3-12H2,1-2H3,(H,19,20,21). The lowest BCUT2D eigenvalue weighted by molar-refractivity contribution is 0.105. The average molecular weight is 347 g/mol. The number of piperazine rings is 1. The molecule has 0 unspecified atom stereocenters. The number of anilines is 2. The summed E-state index contributed by atoms with van der Waals surface area (Å²) < 4.78 is 5.07. The molecular weight excluding hydrogens is 318 g/mol. The summed E-state index contributed by atoms with van der Waals surface area (Å²) in [6.07, 6.45) is 6.14. The Kier molecular flexibility index (Phi) is 5.94. The average Bonchev–Trinajstić information content (AvgIpc) is 2.62. The van der Waals surface area contributed by atoms with Crippen molar-refractivity contribution in [3.8, 4) is 0 Å². The molecule has 0 bridgehead atoms. The highest BCUT2D eigenvalue weighted by molar-refractivity contribution is 5.68. The van der Waals surface area contributed by atoms with E-state index in [4.69, 9.17) is 9.72 Å². The first-order valence-electron chi connectivity index (χ1n) is 9.44. The minimum atomic E-state index is -0.230. The van der Waals surface area contributed by atoms with Gasteiger partial charge < -0.3 is 19.9 Å². The van der Waals surface area contributed by atoms with Crippen LogP contribution in [0.15, 0.2) is 6.07 Å². The Balaban J connectivity index is 1.61. The zero-order chi connectivity index (χ0) is 17.6. The summed E-state index contributed by atoms with van der Waals surface area (Å²) >= 11 is 0. The largest absolute Gasteiger partial charge is 0.450 e. The molecule has 3 rings (SSSR count). The highest BCUT2D eigenvalue weighted by atomic mass is 16.6. The molecule has 0 aromatic carbocycles. The number of rotatable bonds is 4. The summed E-state index contributed by atoms with van der Waals surface area (Å²) in [6, 6.07) is 2.55. The number of aromatic nitrogens is 2. The molecule has 2 aliphatic rings. The fourth-order valence-electron chi connectivity index (χ4n) is 3.53. The van der Waals surface area contributed by atoms with E-state index in [0.717, 1.165) is 30.5 Å². The fourth-order valence-corrected chi connectivity index (χ4v) is 3.53. The van der Waals surface area contributed by atoms with Crippen molar-refractivity contribution in [2.24, 2.45) is 0 Å². The third-order valence-corrected chi connectivity index (χ3v) is 4.89. The molecule has 1 aliphatic carbocycles. The third-order valence-electron chi connectivity index (χ3n) is 4.89. The number of carbonyl (C=O) groups is 1. The fraction of sp³-hybridized carbons (Fsp3) is 0.722. The van der Waals surface area contributed by atoms with Crippen molar-refractivity contribution in [2.75, 3.05) is 43.0 Å². The van der Waals surface area contributed by atoms with Crippen LogP contribution in [0, 0.1) is 6.92 Å². The molecular formula is C18H29N5O2. The lowest BCUT2D eigenvalue weighted by Crippen LogP contribution is -2.49. The highest BCUT2D eigenvalue weighted by Crippen LogP contribution is 2.22. The number of nitrogens with zero attached hydrogens (tertiary/aromatic N) is 4. The maximum atomic E-state index is 11.8. The van der Waals surface area contributed by atoms with E-state index in [9.17, 15) is 4.79 Å². The SMILES string of the molecule is CCOC(=O)N1CCN(c2nc(C)cc(NC3CCCCC3)n2)CC1. The molecule has 25 heavy (non-hydrogen) atoms. The van der Waals surface area contributed by atoms with E-state index in [0.29, 0.717) is 25.7 Å². The van der Waals surface area contributed by atoms with E-state index in [1.165, 1.54) is 32.1 Å². The second-order valence-electron chi connectivity index (χ2n) is 6.85. The zero-order valence-corrected chi connectivity index (χ0v) is 15.3. The summed E-state index contributed by atoms with van der Waals surface area (Å²) in [5.74, 6) is 1.67. The molecule has 1 aromatic heterocycles. The zero-order valence-electron chi connectivity index (χ0n) is 15.3. The Morgan fingerprint density at radius 2 is 1.92 bits per heavy atom. The molecule has 1 saturated heterocycles. The maximum absolute atomic E-state index is 11.8. The van der Waals surface area contributed by atoms with Gasteiger partial charge in [0.15, 0.2) is 0 Å². The van der Waals surface area contributed by atoms with Crippen LogP contribution in [0.3, 0.4) is 0 Å². The van der Waals surface area contributed by atoms with E-state index < -0.39 is 0 Å². The molecule has 0 radical (unpaired) electrons. The van der Waals surface area contributed by atoms with Crippen molar-refractivity contribution in [1.29, 1.82) is 0 Å². The summed E-state index contributed by atoms with van der Waals surface area (Å²) in [6.45, 7) is 6.98. The van der Waals surface area contributed by atoms with Crippen LogP contribution >= 0.6 is 0 Å². The van der Waals surface area contributed by atoms with E-state index in [1.54, 1.807) is 4.90 Å². The van der Waals surface area contributed by atoms with Crippen molar-refractivity contribution in [3.63, 3.8) is 0 Å². The summed E-state index contributed by atoms with van der Waals surface area (Å²) in [5.41, 5.74) is 0.969. The van der Waals surface area contributed by atoms with Crippen LogP contribution in [0.25, 0.3) is 0 Å². The van der Waals surface area contributed by atoms with Gasteiger partial charge in [-0.1, -0.05) is 19.3 Å². The van der Waals surface area contributed by atoms with E-state index in [2.05, 4.69) is 15.2 Å². The van der Waals surface area contributed by atoms with Crippen LogP contribution in [0.5, 0.6) is 0 Å². The molecule has 1 N–H and O–H groups in total. The number of amides is 1. The molecule has 0 atom stereocenters.